The van der Waals surface area contributed by atoms with Crippen LogP contribution < -0.4 is 4.74 Å². The number of rotatable bonds is 6. The normalized spacial score (nSPS) is 16.2. The van der Waals surface area contributed by atoms with Crippen molar-refractivity contribution >= 4 is 5.97 Å². The third-order valence-electron chi connectivity index (χ3n) is 3.63. The molecular formula is C15H21NO3. The lowest BCUT2D eigenvalue weighted by atomic mass is 10.1. The van der Waals surface area contributed by atoms with Gasteiger partial charge in [0.05, 0.1) is 19.6 Å². The van der Waals surface area contributed by atoms with Gasteiger partial charge in [0, 0.05) is 13.1 Å². The van der Waals surface area contributed by atoms with Gasteiger partial charge in [-0.05, 0) is 37.6 Å². The highest BCUT2D eigenvalue weighted by Gasteiger charge is 2.51. The molecule has 0 atom stereocenters. The molecule has 1 aliphatic carbocycles. The maximum Gasteiger partial charge on any atom is 0.313 e. The highest BCUT2D eigenvalue weighted by atomic mass is 16.5. The largest absolute Gasteiger partial charge is 0.497 e. The maximum atomic E-state index is 11.7. The van der Waals surface area contributed by atoms with Crippen molar-refractivity contribution in [1.82, 2.24) is 4.90 Å². The Balaban J connectivity index is 1.94. The number of methoxy groups -OCH3 is 2. The molecule has 0 unspecified atom stereocenters. The van der Waals surface area contributed by atoms with E-state index in [2.05, 4.69) is 11.0 Å². The van der Waals surface area contributed by atoms with Gasteiger partial charge in [-0.25, -0.2) is 0 Å². The Bertz CT molecular complexity index is 454. The number of esters is 1. The zero-order chi connectivity index (χ0) is 13.9. The van der Waals surface area contributed by atoms with Crippen molar-refractivity contribution in [3.63, 3.8) is 0 Å². The fourth-order valence-electron chi connectivity index (χ4n) is 2.45. The Hall–Kier alpha value is -1.55. The summed E-state index contributed by atoms with van der Waals surface area (Å²) in [5.41, 5.74) is 0.921. The van der Waals surface area contributed by atoms with Crippen molar-refractivity contribution in [1.29, 1.82) is 0 Å². The summed E-state index contributed by atoms with van der Waals surface area (Å²) in [6.07, 6.45) is 1.87. The van der Waals surface area contributed by atoms with Crippen molar-refractivity contribution in [2.45, 2.75) is 19.4 Å². The molecule has 1 fully saturated rings. The highest BCUT2D eigenvalue weighted by molar-refractivity contribution is 5.80. The summed E-state index contributed by atoms with van der Waals surface area (Å²) in [6.45, 7) is 1.55. The first-order chi connectivity index (χ1) is 9.09. The van der Waals surface area contributed by atoms with Crippen molar-refractivity contribution in [3.8, 4) is 5.75 Å². The predicted octanol–water partition coefficient (Wildman–Crippen LogP) is 2.08. The van der Waals surface area contributed by atoms with Crippen molar-refractivity contribution in [3.05, 3.63) is 29.8 Å². The number of hydrogen-bond donors (Lipinski definition) is 0. The average Bonchev–Trinajstić information content (AvgIpc) is 3.18. The lowest BCUT2D eigenvalue weighted by Crippen LogP contribution is -2.32. The summed E-state index contributed by atoms with van der Waals surface area (Å²) in [5, 5.41) is 0. The van der Waals surface area contributed by atoms with E-state index in [4.69, 9.17) is 9.47 Å². The van der Waals surface area contributed by atoms with E-state index >= 15 is 0 Å². The molecule has 1 saturated carbocycles. The molecule has 2 rings (SSSR count). The van der Waals surface area contributed by atoms with Crippen LogP contribution in [0.25, 0.3) is 0 Å². The number of carbonyl (C=O) groups is 1. The number of carbonyl (C=O) groups excluding carboxylic acids is 1. The fourth-order valence-corrected chi connectivity index (χ4v) is 2.45. The van der Waals surface area contributed by atoms with Crippen LogP contribution in [0.15, 0.2) is 24.3 Å². The van der Waals surface area contributed by atoms with Crippen LogP contribution >= 0.6 is 0 Å². The van der Waals surface area contributed by atoms with Gasteiger partial charge >= 0.3 is 5.97 Å². The van der Waals surface area contributed by atoms with Crippen LogP contribution in [0.1, 0.15) is 18.4 Å². The molecule has 0 aliphatic heterocycles. The first kappa shape index (κ1) is 13.9. The quantitative estimate of drug-likeness (QED) is 0.737. The molecule has 1 aromatic carbocycles. The Labute approximate surface area is 114 Å². The summed E-state index contributed by atoms with van der Waals surface area (Å²) in [5.74, 6) is 0.782. The van der Waals surface area contributed by atoms with Gasteiger partial charge in [0.1, 0.15) is 5.75 Å². The second-order valence-electron chi connectivity index (χ2n) is 5.30. The van der Waals surface area contributed by atoms with Gasteiger partial charge in [-0.15, -0.1) is 0 Å². The molecule has 0 saturated heterocycles. The summed E-state index contributed by atoms with van der Waals surface area (Å²) in [7, 11) is 5.16. The maximum absolute atomic E-state index is 11.7. The zero-order valence-electron chi connectivity index (χ0n) is 11.8. The standard InChI is InChI=1S/C15H21NO3/c1-16(11-15(7-8-15)14(17)19-3)10-12-5-4-6-13(9-12)18-2/h4-6,9H,7-8,10-11H2,1-3H3. The van der Waals surface area contributed by atoms with Gasteiger partial charge in [0.2, 0.25) is 0 Å². The van der Waals surface area contributed by atoms with E-state index in [1.807, 2.05) is 25.2 Å². The topological polar surface area (TPSA) is 38.8 Å². The van der Waals surface area contributed by atoms with Crippen LogP contribution in [0.3, 0.4) is 0 Å². The van der Waals surface area contributed by atoms with Gasteiger partial charge in [0.25, 0.3) is 0 Å². The fraction of sp³-hybridized carbons (Fsp3) is 0.533. The van der Waals surface area contributed by atoms with E-state index in [1.165, 1.54) is 12.7 Å². The Morgan fingerprint density at radius 1 is 1.37 bits per heavy atom. The van der Waals surface area contributed by atoms with E-state index in [-0.39, 0.29) is 11.4 Å². The van der Waals surface area contributed by atoms with Crippen LogP contribution in [0.4, 0.5) is 0 Å². The van der Waals surface area contributed by atoms with Crippen LogP contribution in [0.2, 0.25) is 0 Å². The molecule has 0 heterocycles. The lowest BCUT2D eigenvalue weighted by molar-refractivity contribution is -0.147. The Morgan fingerprint density at radius 2 is 2.11 bits per heavy atom. The van der Waals surface area contributed by atoms with Crippen molar-refractivity contribution in [2.75, 3.05) is 27.8 Å². The third kappa shape index (κ3) is 3.26. The summed E-state index contributed by atoms with van der Waals surface area (Å²) < 4.78 is 10.1. The molecule has 0 bridgehead atoms. The van der Waals surface area contributed by atoms with E-state index in [1.54, 1.807) is 7.11 Å². The molecule has 104 valence electrons. The molecule has 0 radical (unpaired) electrons. The molecule has 4 nitrogen and oxygen atoms in total. The van der Waals surface area contributed by atoms with Crippen LogP contribution in [0.5, 0.6) is 5.75 Å². The van der Waals surface area contributed by atoms with Crippen LogP contribution in [0, 0.1) is 5.41 Å². The second kappa shape index (κ2) is 5.61. The number of hydrogen-bond acceptors (Lipinski definition) is 4. The highest BCUT2D eigenvalue weighted by Crippen LogP contribution is 2.47. The molecule has 0 aromatic heterocycles. The Morgan fingerprint density at radius 3 is 2.68 bits per heavy atom. The molecule has 19 heavy (non-hydrogen) atoms. The van der Waals surface area contributed by atoms with Gasteiger partial charge in [-0.2, -0.15) is 0 Å². The minimum Gasteiger partial charge on any atom is -0.497 e. The molecular weight excluding hydrogens is 242 g/mol. The summed E-state index contributed by atoms with van der Waals surface area (Å²) in [6, 6.07) is 8.00. The predicted molar refractivity (Wildman–Crippen MR) is 73.0 cm³/mol. The Kier molecular flexibility index (Phi) is 4.10. The van der Waals surface area contributed by atoms with E-state index < -0.39 is 0 Å². The van der Waals surface area contributed by atoms with E-state index in [0.29, 0.717) is 0 Å². The molecule has 0 spiro atoms. The van der Waals surface area contributed by atoms with Crippen LogP contribution in [-0.4, -0.2) is 38.7 Å². The first-order valence-electron chi connectivity index (χ1n) is 6.49. The van der Waals surface area contributed by atoms with E-state index in [0.717, 1.165) is 31.7 Å². The second-order valence-corrected chi connectivity index (χ2v) is 5.30. The van der Waals surface area contributed by atoms with Crippen molar-refractivity contribution < 1.29 is 14.3 Å². The van der Waals surface area contributed by atoms with Gasteiger partial charge in [-0.3, -0.25) is 4.79 Å². The van der Waals surface area contributed by atoms with E-state index in [9.17, 15) is 4.79 Å². The monoisotopic (exact) mass is 263 g/mol. The smallest absolute Gasteiger partial charge is 0.313 e. The summed E-state index contributed by atoms with van der Waals surface area (Å²) >= 11 is 0. The molecule has 1 aromatic rings. The molecule has 1 aliphatic rings. The lowest BCUT2D eigenvalue weighted by Gasteiger charge is -2.22. The number of benzene rings is 1. The molecule has 0 amide bonds. The minimum absolute atomic E-state index is 0.0787. The van der Waals surface area contributed by atoms with Gasteiger partial charge < -0.3 is 14.4 Å². The zero-order valence-corrected chi connectivity index (χ0v) is 11.8. The van der Waals surface area contributed by atoms with Gasteiger partial charge in [-0.1, -0.05) is 12.1 Å². The van der Waals surface area contributed by atoms with Gasteiger partial charge in [0.15, 0.2) is 0 Å². The molecule has 0 N–H and O–H groups in total. The first-order valence-corrected chi connectivity index (χ1v) is 6.49. The minimum atomic E-state index is -0.262. The third-order valence-corrected chi connectivity index (χ3v) is 3.63. The van der Waals surface area contributed by atoms with Crippen molar-refractivity contribution in [2.24, 2.45) is 5.41 Å². The average molecular weight is 263 g/mol. The molecule has 4 heteroatoms. The number of ether oxygens (including phenoxy) is 2. The summed E-state index contributed by atoms with van der Waals surface area (Å²) in [4.78, 5) is 13.9. The van der Waals surface area contributed by atoms with Crippen LogP contribution in [-0.2, 0) is 16.1 Å². The SMILES string of the molecule is COC(=O)C1(CN(C)Cc2cccc(OC)c2)CC1. The number of nitrogens with zero attached hydrogens (tertiary/aromatic N) is 1.